The second-order valence-corrected chi connectivity index (χ2v) is 6.35. The van der Waals surface area contributed by atoms with E-state index in [1.165, 1.54) is 7.11 Å². The summed E-state index contributed by atoms with van der Waals surface area (Å²) in [5.74, 6) is -0.839. The molecule has 0 saturated heterocycles. The van der Waals surface area contributed by atoms with E-state index in [2.05, 4.69) is 27.7 Å². The molecule has 0 atom stereocenters. The highest BCUT2D eigenvalue weighted by atomic mass is 127. The smallest absolute Gasteiger partial charge is 0.337 e. The number of halogens is 1. The van der Waals surface area contributed by atoms with Crippen LogP contribution < -0.4 is 5.73 Å². The van der Waals surface area contributed by atoms with E-state index in [-0.39, 0.29) is 5.97 Å². The molecular weight excluding hydrogens is 433 g/mol. The third-order valence-electron chi connectivity index (χ3n) is 3.66. The van der Waals surface area contributed by atoms with Crippen LogP contribution >= 0.6 is 22.6 Å². The average molecular weight is 447 g/mol. The molecule has 2 aromatic carbocycles. The Labute approximate surface area is 157 Å². The molecule has 3 rings (SSSR count). The van der Waals surface area contributed by atoms with Gasteiger partial charge in [0.15, 0.2) is 0 Å². The van der Waals surface area contributed by atoms with Crippen molar-refractivity contribution in [1.82, 2.24) is 9.78 Å². The van der Waals surface area contributed by atoms with E-state index in [9.17, 15) is 9.59 Å². The summed E-state index contributed by atoms with van der Waals surface area (Å²) in [5.41, 5.74) is 8.69. The van der Waals surface area contributed by atoms with Crippen LogP contribution in [0.25, 0.3) is 16.9 Å². The molecule has 0 bridgehead atoms. The molecule has 2 N–H and O–H groups in total. The molecule has 0 aliphatic heterocycles. The summed E-state index contributed by atoms with van der Waals surface area (Å²) in [6.07, 6.45) is 0. The highest BCUT2D eigenvalue weighted by Crippen LogP contribution is 2.23. The fourth-order valence-electron chi connectivity index (χ4n) is 2.34. The lowest BCUT2D eigenvalue weighted by atomic mass is 10.1. The van der Waals surface area contributed by atoms with Crippen molar-refractivity contribution in [2.24, 2.45) is 5.73 Å². The van der Waals surface area contributed by atoms with Crippen LogP contribution in [0.1, 0.15) is 20.7 Å². The Morgan fingerprint density at radius 1 is 1.04 bits per heavy atom. The van der Waals surface area contributed by atoms with Crippen LogP contribution in [0.2, 0.25) is 0 Å². The van der Waals surface area contributed by atoms with Crippen molar-refractivity contribution in [2.75, 3.05) is 7.11 Å². The van der Waals surface area contributed by atoms with Gasteiger partial charge < -0.3 is 10.5 Å². The number of esters is 1. The molecule has 3 aromatic rings. The quantitative estimate of drug-likeness (QED) is 0.492. The molecule has 1 amide bonds. The van der Waals surface area contributed by atoms with Crippen LogP contribution in [0.5, 0.6) is 0 Å². The maximum Gasteiger partial charge on any atom is 0.337 e. The maximum atomic E-state index is 11.5. The van der Waals surface area contributed by atoms with Gasteiger partial charge >= 0.3 is 5.97 Å². The summed E-state index contributed by atoms with van der Waals surface area (Å²) in [6, 6.07) is 15.9. The molecule has 25 heavy (non-hydrogen) atoms. The van der Waals surface area contributed by atoms with Crippen molar-refractivity contribution in [1.29, 1.82) is 0 Å². The van der Waals surface area contributed by atoms with Gasteiger partial charge in [-0.15, -0.1) is 0 Å². The largest absolute Gasteiger partial charge is 0.465 e. The van der Waals surface area contributed by atoms with Crippen molar-refractivity contribution in [3.63, 3.8) is 0 Å². The minimum atomic E-state index is -0.465. The van der Waals surface area contributed by atoms with Gasteiger partial charge in [-0.3, -0.25) is 4.79 Å². The van der Waals surface area contributed by atoms with Crippen molar-refractivity contribution < 1.29 is 14.3 Å². The van der Waals surface area contributed by atoms with E-state index in [0.717, 1.165) is 20.6 Å². The number of nitrogens with two attached hydrogens (primary N) is 1. The Bertz CT molecular complexity index is 931. The van der Waals surface area contributed by atoms with Gasteiger partial charge in [-0.05, 0) is 65.1 Å². The number of nitrogens with zero attached hydrogens (tertiary/aromatic N) is 2. The highest BCUT2D eigenvalue weighted by molar-refractivity contribution is 14.1. The fourth-order valence-corrected chi connectivity index (χ4v) is 3.02. The Hall–Kier alpha value is -2.68. The molecule has 7 heteroatoms. The second-order valence-electron chi connectivity index (χ2n) is 5.24. The van der Waals surface area contributed by atoms with Gasteiger partial charge in [0.2, 0.25) is 5.91 Å². The van der Waals surface area contributed by atoms with Crippen LogP contribution in [0.3, 0.4) is 0 Å². The number of carbonyl (C=O) groups excluding carboxylic acids is 2. The Morgan fingerprint density at radius 2 is 1.64 bits per heavy atom. The van der Waals surface area contributed by atoms with Gasteiger partial charge in [-0.2, -0.15) is 5.10 Å². The first kappa shape index (κ1) is 17.2. The number of ether oxygens (including phenoxy) is 1. The Morgan fingerprint density at radius 3 is 2.20 bits per heavy atom. The highest BCUT2D eigenvalue weighted by Gasteiger charge is 2.11. The SMILES string of the molecule is COC(=O)c1ccc(-c2cc(I)n(-c3ccc(C(N)=O)cc3)n2)cc1. The number of hydrogen-bond donors (Lipinski definition) is 1. The number of aromatic nitrogens is 2. The second kappa shape index (κ2) is 7.06. The zero-order valence-corrected chi connectivity index (χ0v) is 15.4. The summed E-state index contributed by atoms with van der Waals surface area (Å²) in [5, 5.41) is 4.60. The van der Waals surface area contributed by atoms with E-state index in [1.54, 1.807) is 41.1 Å². The Kier molecular flexibility index (Phi) is 4.84. The molecule has 0 fully saturated rings. The first-order valence-corrected chi connectivity index (χ1v) is 8.42. The summed E-state index contributed by atoms with van der Waals surface area (Å²) < 4.78 is 7.38. The molecule has 0 spiro atoms. The lowest BCUT2D eigenvalue weighted by Crippen LogP contribution is -2.10. The molecule has 0 aliphatic carbocycles. The number of amides is 1. The molecule has 1 heterocycles. The third kappa shape index (κ3) is 3.55. The van der Waals surface area contributed by atoms with Gasteiger partial charge in [-0.25, -0.2) is 9.48 Å². The normalized spacial score (nSPS) is 10.5. The number of carbonyl (C=O) groups is 2. The van der Waals surface area contributed by atoms with Gasteiger partial charge in [0.25, 0.3) is 0 Å². The van der Waals surface area contributed by atoms with Gasteiger partial charge in [0, 0.05) is 11.1 Å². The predicted octanol–water partition coefficient (Wildman–Crippen LogP) is 3.03. The van der Waals surface area contributed by atoms with Gasteiger partial charge in [-0.1, -0.05) is 12.1 Å². The minimum Gasteiger partial charge on any atom is -0.465 e. The molecule has 0 aliphatic rings. The number of primary amides is 1. The maximum absolute atomic E-state index is 11.5. The molecule has 1 aromatic heterocycles. The first-order chi connectivity index (χ1) is 12.0. The van der Waals surface area contributed by atoms with E-state index >= 15 is 0 Å². The average Bonchev–Trinajstić information content (AvgIpc) is 3.03. The fraction of sp³-hybridized carbons (Fsp3) is 0.0556. The molecular formula is C18H14IN3O3. The van der Waals surface area contributed by atoms with Crippen LogP contribution in [-0.2, 0) is 4.74 Å². The van der Waals surface area contributed by atoms with Crippen molar-refractivity contribution in [2.45, 2.75) is 0 Å². The van der Waals surface area contributed by atoms with E-state index in [1.807, 2.05) is 18.2 Å². The minimum absolute atomic E-state index is 0.374. The van der Waals surface area contributed by atoms with Crippen molar-refractivity contribution in [3.05, 3.63) is 69.4 Å². The lowest BCUT2D eigenvalue weighted by molar-refractivity contribution is 0.0600. The molecule has 6 nitrogen and oxygen atoms in total. The Balaban J connectivity index is 1.92. The standard InChI is InChI=1S/C18H14IN3O3/c1-25-18(24)13-4-2-11(3-5-13)15-10-16(19)22(21-15)14-8-6-12(7-9-14)17(20)23/h2-10H,1H3,(H2,20,23). The predicted molar refractivity (Wildman–Crippen MR) is 102 cm³/mol. The molecule has 0 unspecified atom stereocenters. The summed E-state index contributed by atoms with van der Waals surface area (Å²) in [6.45, 7) is 0. The number of methoxy groups -OCH3 is 1. The summed E-state index contributed by atoms with van der Waals surface area (Å²) in [4.78, 5) is 22.7. The molecule has 126 valence electrons. The zero-order chi connectivity index (χ0) is 18.0. The topological polar surface area (TPSA) is 87.2 Å². The third-order valence-corrected chi connectivity index (χ3v) is 4.43. The molecule has 0 radical (unpaired) electrons. The van der Waals surface area contributed by atoms with Crippen molar-refractivity contribution >= 4 is 34.5 Å². The zero-order valence-electron chi connectivity index (χ0n) is 13.3. The first-order valence-electron chi connectivity index (χ1n) is 7.34. The monoisotopic (exact) mass is 447 g/mol. The van der Waals surface area contributed by atoms with Crippen LogP contribution in [0, 0.1) is 3.70 Å². The van der Waals surface area contributed by atoms with Gasteiger partial charge in [0.1, 0.15) is 3.70 Å². The van der Waals surface area contributed by atoms with E-state index in [0.29, 0.717) is 11.1 Å². The number of benzene rings is 2. The number of rotatable bonds is 4. The van der Waals surface area contributed by atoms with Crippen molar-refractivity contribution in [3.8, 4) is 16.9 Å². The van der Waals surface area contributed by atoms with E-state index in [4.69, 9.17) is 10.5 Å². The molecule has 0 saturated carbocycles. The summed E-state index contributed by atoms with van der Waals surface area (Å²) in [7, 11) is 1.35. The van der Waals surface area contributed by atoms with Crippen LogP contribution in [0.4, 0.5) is 0 Å². The van der Waals surface area contributed by atoms with Crippen LogP contribution in [-0.4, -0.2) is 28.8 Å². The van der Waals surface area contributed by atoms with Crippen LogP contribution in [0.15, 0.2) is 54.6 Å². The number of hydrogen-bond acceptors (Lipinski definition) is 4. The lowest BCUT2D eigenvalue weighted by Gasteiger charge is -2.04. The van der Waals surface area contributed by atoms with E-state index < -0.39 is 5.91 Å². The van der Waals surface area contributed by atoms with Gasteiger partial charge in [0.05, 0.1) is 24.1 Å². The summed E-state index contributed by atoms with van der Waals surface area (Å²) >= 11 is 2.19.